The van der Waals surface area contributed by atoms with Crippen molar-refractivity contribution in [3.63, 3.8) is 0 Å². The van der Waals surface area contributed by atoms with Crippen LogP contribution in [0.3, 0.4) is 0 Å². The van der Waals surface area contributed by atoms with Gasteiger partial charge in [0.05, 0.1) is 0 Å². The molecule has 0 aliphatic carbocycles. The molecule has 0 aromatic heterocycles. The first kappa shape index (κ1) is 19.9. The van der Waals surface area contributed by atoms with Crippen LogP contribution >= 0.6 is 0 Å². The van der Waals surface area contributed by atoms with Gasteiger partial charge in [0.25, 0.3) is 0 Å². The Hall–Kier alpha value is -1.40. The van der Waals surface area contributed by atoms with Gasteiger partial charge in [-0.25, -0.2) is 4.79 Å². The van der Waals surface area contributed by atoms with Crippen LogP contribution in [0.1, 0.15) is 27.7 Å². The highest BCUT2D eigenvalue weighted by Gasteiger charge is 2.14. The Bertz CT molecular complexity index is 314. The van der Waals surface area contributed by atoms with Crippen LogP contribution in [0.4, 0.5) is 0 Å². The van der Waals surface area contributed by atoms with Gasteiger partial charge in [0.1, 0.15) is 6.04 Å². The van der Waals surface area contributed by atoms with E-state index in [1.165, 1.54) is 0 Å². The number of carbonyl (C=O) groups excluding carboxylic acids is 1. The Morgan fingerprint density at radius 1 is 1.26 bits per heavy atom. The Morgan fingerprint density at radius 2 is 1.68 bits per heavy atom. The maximum absolute atomic E-state index is 10.9. The van der Waals surface area contributed by atoms with E-state index >= 15 is 0 Å². The minimum atomic E-state index is -0.931. The highest BCUT2D eigenvalue weighted by Crippen LogP contribution is 1.99. The molecule has 0 aliphatic rings. The molecule has 0 aromatic carbocycles. The third-order valence-corrected chi connectivity index (χ3v) is 2.36. The molecule has 1 unspecified atom stereocenters. The van der Waals surface area contributed by atoms with E-state index < -0.39 is 12.0 Å². The van der Waals surface area contributed by atoms with Crippen molar-refractivity contribution in [2.24, 2.45) is 11.7 Å². The molecule has 6 heteroatoms. The Kier molecular flexibility index (Phi) is 9.99. The highest BCUT2D eigenvalue weighted by atomic mass is 16.6. The maximum atomic E-state index is 10.9. The molecule has 0 spiro atoms. The first-order chi connectivity index (χ1) is 8.50. The summed E-state index contributed by atoms with van der Waals surface area (Å²) in [5.74, 6) is -1.25. The minimum absolute atomic E-state index is 0.0208. The molecule has 0 amide bonds. The second-order valence-corrected chi connectivity index (χ2v) is 4.86. The Labute approximate surface area is 115 Å². The molecular formula is C13H26N2O4. The van der Waals surface area contributed by atoms with Gasteiger partial charge in [-0.3, -0.25) is 9.69 Å². The number of ether oxygens (including phenoxy) is 1. The number of carboxylic acid groups (broad SMARTS) is 1. The van der Waals surface area contributed by atoms with Gasteiger partial charge >= 0.3 is 11.9 Å². The van der Waals surface area contributed by atoms with Crippen LogP contribution in [-0.4, -0.2) is 48.3 Å². The normalized spacial score (nSPS) is 13.3. The SMILES string of the molecule is C=C(C)C(=O)OC(C)N(C)C.CC(C)[C@H](N)C(=O)O. The second kappa shape index (κ2) is 9.52. The molecule has 19 heavy (non-hydrogen) atoms. The van der Waals surface area contributed by atoms with E-state index in [1.807, 2.05) is 14.1 Å². The zero-order valence-electron chi connectivity index (χ0n) is 12.6. The van der Waals surface area contributed by atoms with Gasteiger partial charge in [0.2, 0.25) is 0 Å². The van der Waals surface area contributed by atoms with Gasteiger partial charge in [0.15, 0.2) is 6.23 Å². The molecule has 0 saturated heterocycles. The number of nitrogens with two attached hydrogens (primary N) is 1. The zero-order chi connectivity index (χ0) is 15.7. The summed E-state index contributed by atoms with van der Waals surface area (Å²) in [6.45, 7) is 10.5. The molecule has 0 heterocycles. The molecule has 0 saturated carbocycles. The third-order valence-electron chi connectivity index (χ3n) is 2.36. The largest absolute Gasteiger partial charge is 0.480 e. The van der Waals surface area contributed by atoms with Gasteiger partial charge in [-0.15, -0.1) is 0 Å². The van der Waals surface area contributed by atoms with Crippen molar-refractivity contribution < 1.29 is 19.4 Å². The minimum Gasteiger partial charge on any atom is -0.480 e. The number of aliphatic carboxylic acids is 1. The fourth-order valence-electron chi connectivity index (χ4n) is 0.646. The van der Waals surface area contributed by atoms with Gasteiger partial charge in [-0.2, -0.15) is 0 Å². The lowest BCUT2D eigenvalue weighted by molar-refractivity contribution is -0.150. The summed E-state index contributed by atoms with van der Waals surface area (Å²) >= 11 is 0. The average molecular weight is 274 g/mol. The number of esters is 1. The molecule has 0 fully saturated rings. The molecule has 0 bridgehead atoms. The molecule has 3 N–H and O–H groups in total. The van der Waals surface area contributed by atoms with Crippen molar-refractivity contribution in [1.82, 2.24) is 4.90 Å². The van der Waals surface area contributed by atoms with Crippen LogP contribution < -0.4 is 5.73 Å². The second-order valence-electron chi connectivity index (χ2n) is 4.86. The Morgan fingerprint density at radius 3 is 1.84 bits per heavy atom. The number of rotatable bonds is 5. The lowest BCUT2D eigenvalue weighted by Gasteiger charge is -2.19. The van der Waals surface area contributed by atoms with E-state index in [9.17, 15) is 9.59 Å². The monoisotopic (exact) mass is 274 g/mol. The summed E-state index contributed by atoms with van der Waals surface area (Å²) in [6, 6.07) is -0.713. The molecule has 112 valence electrons. The standard InChI is InChI=1S/C8H15NO2.C5H11NO2/c1-6(2)8(10)11-7(3)9(4)5;1-3(2)4(6)5(7)8/h7H,1H2,2-5H3;3-4H,6H2,1-2H3,(H,7,8)/t;4-/m.0/s1. The van der Waals surface area contributed by atoms with E-state index in [-0.39, 0.29) is 18.1 Å². The van der Waals surface area contributed by atoms with Crippen LogP contribution in [0.5, 0.6) is 0 Å². The molecule has 6 nitrogen and oxygen atoms in total. The summed E-state index contributed by atoms with van der Waals surface area (Å²) in [5, 5.41) is 8.23. The molecular weight excluding hydrogens is 248 g/mol. The summed E-state index contributed by atoms with van der Waals surface area (Å²) in [4.78, 5) is 22.7. The number of carboxylic acids is 1. The average Bonchev–Trinajstić information content (AvgIpc) is 2.27. The van der Waals surface area contributed by atoms with Crippen LogP contribution in [0, 0.1) is 5.92 Å². The lowest BCUT2D eigenvalue weighted by atomic mass is 10.1. The molecule has 0 aliphatic heterocycles. The van der Waals surface area contributed by atoms with Crippen molar-refractivity contribution in [3.8, 4) is 0 Å². The molecule has 0 radical (unpaired) electrons. The van der Waals surface area contributed by atoms with E-state index in [0.717, 1.165) is 0 Å². The number of hydrogen-bond donors (Lipinski definition) is 2. The van der Waals surface area contributed by atoms with Crippen molar-refractivity contribution in [3.05, 3.63) is 12.2 Å². The lowest BCUT2D eigenvalue weighted by Crippen LogP contribution is -2.34. The van der Waals surface area contributed by atoms with Gasteiger partial charge in [-0.05, 0) is 33.9 Å². The number of hydrogen-bond acceptors (Lipinski definition) is 5. The first-order valence-electron chi connectivity index (χ1n) is 6.02. The van der Waals surface area contributed by atoms with Crippen LogP contribution in [0.2, 0.25) is 0 Å². The van der Waals surface area contributed by atoms with Crippen molar-refractivity contribution in [2.45, 2.75) is 40.0 Å². The van der Waals surface area contributed by atoms with Crippen molar-refractivity contribution >= 4 is 11.9 Å². The van der Waals surface area contributed by atoms with Crippen LogP contribution in [0.15, 0.2) is 12.2 Å². The fourth-order valence-corrected chi connectivity index (χ4v) is 0.646. The van der Waals surface area contributed by atoms with E-state index in [0.29, 0.717) is 5.57 Å². The van der Waals surface area contributed by atoms with Crippen LogP contribution in [0.25, 0.3) is 0 Å². The van der Waals surface area contributed by atoms with Crippen LogP contribution in [-0.2, 0) is 14.3 Å². The third kappa shape index (κ3) is 10.2. The van der Waals surface area contributed by atoms with Crippen molar-refractivity contribution in [2.75, 3.05) is 14.1 Å². The van der Waals surface area contributed by atoms with Crippen molar-refractivity contribution in [1.29, 1.82) is 0 Å². The summed E-state index contributed by atoms with van der Waals surface area (Å²) in [6.07, 6.45) is -0.195. The smallest absolute Gasteiger partial charge is 0.334 e. The molecule has 2 atom stereocenters. The van der Waals surface area contributed by atoms with Gasteiger partial charge in [0, 0.05) is 5.57 Å². The maximum Gasteiger partial charge on any atom is 0.334 e. The topological polar surface area (TPSA) is 92.9 Å². The number of nitrogens with zero attached hydrogens (tertiary/aromatic N) is 1. The fraction of sp³-hybridized carbons (Fsp3) is 0.692. The predicted molar refractivity (Wildman–Crippen MR) is 74.5 cm³/mol. The first-order valence-corrected chi connectivity index (χ1v) is 6.02. The van der Waals surface area contributed by atoms with E-state index in [2.05, 4.69) is 6.58 Å². The molecule has 0 rings (SSSR count). The predicted octanol–water partition coefficient (Wildman–Crippen LogP) is 1.07. The quantitative estimate of drug-likeness (QED) is 0.442. The van der Waals surface area contributed by atoms with E-state index in [1.54, 1.807) is 32.6 Å². The summed E-state index contributed by atoms with van der Waals surface area (Å²) in [5.41, 5.74) is 5.59. The highest BCUT2D eigenvalue weighted by molar-refractivity contribution is 5.87. The molecule has 0 aromatic rings. The van der Waals surface area contributed by atoms with Gasteiger partial charge < -0.3 is 15.6 Å². The zero-order valence-corrected chi connectivity index (χ0v) is 12.6. The Balaban J connectivity index is 0. The number of carbonyl (C=O) groups is 2. The summed E-state index contributed by atoms with van der Waals surface area (Å²) < 4.78 is 4.96. The van der Waals surface area contributed by atoms with Gasteiger partial charge in [-0.1, -0.05) is 20.4 Å². The summed E-state index contributed by atoms with van der Waals surface area (Å²) in [7, 11) is 3.69. The van der Waals surface area contributed by atoms with E-state index in [4.69, 9.17) is 15.6 Å².